The van der Waals surface area contributed by atoms with Crippen LogP contribution in [0.4, 0.5) is 0 Å². The third kappa shape index (κ3) is 6.21. The van der Waals surface area contributed by atoms with E-state index < -0.39 is 18.0 Å². The summed E-state index contributed by atoms with van der Waals surface area (Å²) in [5.41, 5.74) is 3.70. The van der Waals surface area contributed by atoms with Crippen LogP contribution in [0.25, 0.3) is 0 Å². The summed E-state index contributed by atoms with van der Waals surface area (Å²) < 4.78 is 21.8. The summed E-state index contributed by atoms with van der Waals surface area (Å²) in [6.45, 7) is 0. The van der Waals surface area contributed by atoms with Gasteiger partial charge in [0.2, 0.25) is 11.9 Å². The van der Waals surface area contributed by atoms with Crippen LogP contribution in [0.3, 0.4) is 0 Å². The molecule has 3 aromatic rings. The summed E-state index contributed by atoms with van der Waals surface area (Å²) >= 11 is 5.84. The second-order valence-corrected chi connectivity index (χ2v) is 7.46. The molecule has 10 heteroatoms. The van der Waals surface area contributed by atoms with Crippen molar-refractivity contribution in [2.24, 2.45) is 5.10 Å². The molecule has 0 aliphatic rings. The van der Waals surface area contributed by atoms with Crippen molar-refractivity contribution in [3.05, 3.63) is 82.4 Å². The minimum atomic E-state index is -1.06. The molecule has 0 saturated heterocycles. The summed E-state index contributed by atoms with van der Waals surface area (Å²) in [4.78, 5) is 24.7. The Kier molecular flexibility index (Phi) is 8.53. The molecule has 0 saturated carbocycles. The first kappa shape index (κ1) is 25.4. The lowest BCUT2D eigenvalue weighted by molar-refractivity contribution is -0.149. The average molecular weight is 499 g/mol. The van der Waals surface area contributed by atoms with E-state index in [-0.39, 0.29) is 33.6 Å². The van der Waals surface area contributed by atoms with E-state index in [0.29, 0.717) is 11.1 Å². The number of nitrogens with zero attached hydrogens (tertiary/aromatic N) is 1. The van der Waals surface area contributed by atoms with Gasteiger partial charge >= 0.3 is 5.97 Å². The largest absolute Gasteiger partial charge is 0.506 e. The Bertz CT molecular complexity index is 1210. The van der Waals surface area contributed by atoms with Gasteiger partial charge in [-0.25, -0.2) is 10.2 Å². The number of halogens is 1. The summed E-state index contributed by atoms with van der Waals surface area (Å²) in [5, 5.41) is 13.5. The number of amides is 1. The molecule has 1 atom stereocenters. The zero-order chi connectivity index (χ0) is 25.4. The van der Waals surface area contributed by atoms with Crippen LogP contribution in [0.1, 0.15) is 27.6 Å². The first-order chi connectivity index (χ1) is 16.9. The van der Waals surface area contributed by atoms with Gasteiger partial charge in [-0.2, -0.15) is 5.10 Å². The summed E-state index contributed by atoms with van der Waals surface area (Å²) in [5.74, 6) is -0.516. The number of methoxy groups -OCH3 is 3. The van der Waals surface area contributed by atoms with E-state index in [4.69, 9.17) is 30.5 Å². The van der Waals surface area contributed by atoms with Crippen molar-refractivity contribution < 1.29 is 33.6 Å². The topological polar surface area (TPSA) is 116 Å². The van der Waals surface area contributed by atoms with E-state index in [9.17, 15) is 14.7 Å². The van der Waals surface area contributed by atoms with Crippen LogP contribution >= 0.6 is 11.6 Å². The SMILES string of the molecule is COC(=O)C(Oc1c(OC)cc(/C=N/NC(=O)c2ccc(O)c(Cl)c2)cc1OC)c1ccccc1. The first-order valence-corrected chi connectivity index (χ1v) is 10.6. The maximum absolute atomic E-state index is 12.4. The number of phenolic OH excluding ortho intramolecular Hbond substituents is 1. The average Bonchev–Trinajstić information content (AvgIpc) is 2.88. The molecule has 0 fully saturated rings. The summed E-state index contributed by atoms with van der Waals surface area (Å²) in [6.07, 6.45) is 0.323. The number of rotatable bonds is 9. The standard InChI is InChI=1S/C25H23ClN2O7/c1-32-20-11-15(14-27-28-24(30)17-9-10-19(29)18(26)13-17)12-21(33-2)23(20)35-22(25(31)34-3)16-7-5-4-6-8-16/h4-14,22,29H,1-3H3,(H,28,30)/b27-14+. The van der Waals surface area contributed by atoms with Gasteiger partial charge in [0.25, 0.3) is 5.91 Å². The van der Waals surface area contributed by atoms with Crippen molar-refractivity contribution >= 4 is 29.7 Å². The zero-order valence-corrected chi connectivity index (χ0v) is 19.9. The van der Waals surface area contributed by atoms with Gasteiger partial charge in [-0.3, -0.25) is 4.79 Å². The number of phenols is 1. The molecule has 0 heterocycles. The van der Waals surface area contributed by atoms with Crippen molar-refractivity contribution in [2.75, 3.05) is 21.3 Å². The van der Waals surface area contributed by atoms with Crippen molar-refractivity contribution in [1.29, 1.82) is 0 Å². The molecule has 1 unspecified atom stereocenters. The Morgan fingerprint density at radius 3 is 2.23 bits per heavy atom. The molecule has 182 valence electrons. The minimum absolute atomic E-state index is 0.0486. The van der Waals surface area contributed by atoms with Crippen molar-refractivity contribution in [2.45, 2.75) is 6.10 Å². The highest BCUT2D eigenvalue weighted by molar-refractivity contribution is 6.32. The molecule has 0 spiro atoms. The van der Waals surface area contributed by atoms with Gasteiger partial charge in [0.05, 0.1) is 32.6 Å². The van der Waals surface area contributed by atoms with Gasteiger partial charge in [0.15, 0.2) is 11.5 Å². The number of esters is 1. The van der Waals surface area contributed by atoms with Gasteiger partial charge < -0.3 is 24.1 Å². The number of carbonyl (C=O) groups is 2. The molecule has 0 aromatic heterocycles. The Hall–Kier alpha value is -4.24. The Balaban J connectivity index is 1.85. The van der Waals surface area contributed by atoms with E-state index in [1.165, 1.54) is 45.7 Å². The summed E-state index contributed by atoms with van der Waals surface area (Å²) in [7, 11) is 4.15. The molecule has 1 amide bonds. The van der Waals surface area contributed by atoms with Crippen LogP contribution in [0, 0.1) is 0 Å². The van der Waals surface area contributed by atoms with Crippen molar-refractivity contribution in [1.82, 2.24) is 5.43 Å². The third-order valence-corrected chi connectivity index (χ3v) is 5.13. The molecule has 35 heavy (non-hydrogen) atoms. The number of aromatic hydroxyl groups is 1. The molecular weight excluding hydrogens is 476 g/mol. The van der Waals surface area contributed by atoms with E-state index >= 15 is 0 Å². The first-order valence-electron chi connectivity index (χ1n) is 10.2. The Morgan fingerprint density at radius 1 is 1.00 bits per heavy atom. The third-order valence-electron chi connectivity index (χ3n) is 4.83. The maximum Gasteiger partial charge on any atom is 0.351 e. The predicted molar refractivity (Wildman–Crippen MR) is 130 cm³/mol. The molecule has 3 aromatic carbocycles. The normalized spacial score (nSPS) is 11.5. The lowest BCUT2D eigenvalue weighted by Gasteiger charge is -2.21. The van der Waals surface area contributed by atoms with E-state index in [0.717, 1.165) is 0 Å². The van der Waals surface area contributed by atoms with Gasteiger partial charge in [-0.05, 0) is 30.3 Å². The Morgan fingerprint density at radius 2 is 1.66 bits per heavy atom. The van der Waals surface area contributed by atoms with E-state index in [1.807, 2.05) is 6.07 Å². The monoisotopic (exact) mass is 498 g/mol. The number of ether oxygens (including phenoxy) is 4. The highest BCUT2D eigenvalue weighted by Gasteiger charge is 2.27. The number of hydrogen-bond donors (Lipinski definition) is 2. The molecule has 0 aliphatic carbocycles. The summed E-state index contributed by atoms with van der Waals surface area (Å²) in [6, 6.07) is 16.1. The fourth-order valence-corrected chi connectivity index (χ4v) is 3.25. The highest BCUT2D eigenvalue weighted by Crippen LogP contribution is 2.41. The van der Waals surface area contributed by atoms with Crippen molar-refractivity contribution in [3.63, 3.8) is 0 Å². The quantitative estimate of drug-likeness (QED) is 0.259. The number of hydrogen-bond acceptors (Lipinski definition) is 8. The van der Waals surface area contributed by atoms with Gasteiger partial charge in [-0.15, -0.1) is 0 Å². The fraction of sp³-hybridized carbons (Fsp3) is 0.160. The zero-order valence-electron chi connectivity index (χ0n) is 19.2. The fourth-order valence-electron chi connectivity index (χ4n) is 3.07. The molecule has 0 bridgehead atoms. The highest BCUT2D eigenvalue weighted by atomic mass is 35.5. The van der Waals surface area contributed by atoms with Crippen LogP contribution in [-0.4, -0.2) is 44.5 Å². The second-order valence-electron chi connectivity index (χ2n) is 7.05. The van der Waals surface area contributed by atoms with E-state index in [1.54, 1.807) is 36.4 Å². The minimum Gasteiger partial charge on any atom is -0.506 e. The Labute approximate surface area is 206 Å². The lowest BCUT2D eigenvalue weighted by atomic mass is 10.1. The maximum atomic E-state index is 12.4. The molecule has 9 nitrogen and oxygen atoms in total. The lowest BCUT2D eigenvalue weighted by Crippen LogP contribution is -2.21. The molecule has 3 rings (SSSR count). The second kappa shape index (κ2) is 11.8. The van der Waals surface area contributed by atoms with E-state index in [2.05, 4.69) is 10.5 Å². The van der Waals surface area contributed by atoms with Gasteiger partial charge in [0.1, 0.15) is 5.75 Å². The van der Waals surface area contributed by atoms with Crippen LogP contribution < -0.4 is 19.6 Å². The van der Waals surface area contributed by atoms with Gasteiger partial charge in [-0.1, -0.05) is 41.9 Å². The number of carbonyl (C=O) groups excluding carboxylic acids is 2. The van der Waals surface area contributed by atoms with Crippen LogP contribution in [0.5, 0.6) is 23.0 Å². The molecule has 2 N–H and O–H groups in total. The molecular formula is C25H23ClN2O7. The van der Waals surface area contributed by atoms with Crippen LogP contribution in [-0.2, 0) is 9.53 Å². The predicted octanol–water partition coefficient (Wildman–Crippen LogP) is 4.12. The number of hydrazone groups is 1. The molecule has 0 aliphatic heterocycles. The van der Waals surface area contributed by atoms with Crippen LogP contribution in [0.15, 0.2) is 65.8 Å². The smallest absolute Gasteiger partial charge is 0.351 e. The molecule has 0 radical (unpaired) electrons. The van der Waals surface area contributed by atoms with Crippen molar-refractivity contribution in [3.8, 4) is 23.0 Å². The van der Waals surface area contributed by atoms with Crippen LogP contribution in [0.2, 0.25) is 5.02 Å². The van der Waals surface area contributed by atoms with Gasteiger partial charge in [0, 0.05) is 16.7 Å². The number of nitrogens with one attached hydrogen (secondary N) is 1. The number of benzene rings is 3.